The highest BCUT2D eigenvalue weighted by atomic mass is 19.4. The molecule has 1 rings (SSSR count). The van der Waals surface area contributed by atoms with E-state index < -0.39 is 42.3 Å². The van der Waals surface area contributed by atoms with Crippen molar-refractivity contribution < 1.29 is 49.0 Å². The highest BCUT2D eigenvalue weighted by Crippen LogP contribution is 2.51. The SMILES string of the molecule is CC1(C(F)(F)C(F)=C(F)F)OCC(F)(C(F)(F)F)O1. The second-order valence-electron chi connectivity index (χ2n) is 3.71. The Balaban J connectivity index is 3.14. The van der Waals surface area contributed by atoms with Crippen LogP contribution >= 0.6 is 0 Å². The molecule has 0 spiro atoms. The maximum absolute atomic E-state index is 13.2. The van der Waals surface area contributed by atoms with Gasteiger partial charge in [0.05, 0.1) is 0 Å². The van der Waals surface area contributed by atoms with Gasteiger partial charge in [-0.1, -0.05) is 0 Å². The van der Waals surface area contributed by atoms with Crippen molar-refractivity contribution in [2.75, 3.05) is 6.61 Å². The number of alkyl halides is 6. The van der Waals surface area contributed by atoms with Crippen LogP contribution in [0.2, 0.25) is 0 Å². The van der Waals surface area contributed by atoms with Crippen LogP contribution in [-0.4, -0.2) is 30.3 Å². The van der Waals surface area contributed by atoms with Crippen LogP contribution in [-0.2, 0) is 9.47 Å². The average molecular weight is 304 g/mol. The van der Waals surface area contributed by atoms with Gasteiger partial charge in [-0.15, -0.1) is 0 Å². The molecule has 2 nitrogen and oxygen atoms in total. The van der Waals surface area contributed by atoms with Crippen molar-refractivity contribution >= 4 is 0 Å². The normalized spacial score (nSPS) is 32.5. The van der Waals surface area contributed by atoms with E-state index in [1.54, 1.807) is 0 Å². The Morgan fingerprint density at radius 3 is 1.84 bits per heavy atom. The lowest BCUT2D eigenvalue weighted by molar-refractivity contribution is -0.362. The zero-order valence-corrected chi connectivity index (χ0v) is 8.93. The summed E-state index contributed by atoms with van der Waals surface area (Å²) in [7, 11) is 0. The fraction of sp³-hybridized carbons (Fsp3) is 0.750. The van der Waals surface area contributed by atoms with Crippen molar-refractivity contribution in [1.82, 2.24) is 0 Å². The summed E-state index contributed by atoms with van der Waals surface area (Å²) in [6, 6.07) is 0. The monoisotopic (exact) mass is 304 g/mol. The van der Waals surface area contributed by atoms with Gasteiger partial charge in [0.1, 0.15) is 6.61 Å². The lowest BCUT2D eigenvalue weighted by Gasteiger charge is -2.31. The van der Waals surface area contributed by atoms with E-state index in [1.807, 2.05) is 0 Å². The first kappa shape index (κ1) is 16.1. The molecule has 11 heteroatoms. The number of hydrogen-bond acceptors (Lipinski definition) is 2. The summed E-state index contributed by atoms with van der Waals surface area (Å²) in [5.41, 5.74) is 0. The van der Waals surface area contributed by atoms with Crippen LogP contribution in [0.25, 0.3) is 0 Å². The first-order chi connectivity index (χ1) is 8.27. The van der Waals surface area contributed by atoms with E-state index in [0.29, 0.717) is 0 Å². The predicted molar refractivity (Wildman–Crippen MR) is 40.6 cm³/mol. The first-order valence-corrected chi connectivity index (χ1v) is 4.46. The fourth-order valence-corrected chi connectivity index (χ4v) is 1.21. The Labute approximate surface area is 99.3 Å². The molecule has 1 aliphatic heterocycles. The maximum Gasteiger partial charge on any atom is 0.450 e. The van der Waals surface area contributed by atoms with Gasteiger partial charge in [-0.2, -0.15) is 39.5 Å². The number of ether oxygens (including phenoxy) is 2. The number of halogens is 9. The molecule has 0 bridgehead atoms. The third kappa shape index (κ3) is 2.40. The minimum absolute atomic E-state index is 0.0165. The van der Waals surface area contributed by atoms with E-state index >= 15 is 0 Å². The quantitative estimate of drug-likeness (QED) is 0.724. The summed E-state index contributed by atoms with van der Waals surface area (Å²) >= 11 is 0. The second-order valence-corrected chi connectivity index (χ2v) is 3.71. The van der Waals surface area contributed by atoms with E-state index in [-0.39, 0.29) is 6.92 Å². The zero-order valence-electron chi connectivity index (χ0n) is 8.93. The molecule has 2 atom stereocenters. The van der Waals surface area contributed by atoms with Crippen LogP contribution in [0, 0.1) is 0 Å². The molecule has 0 aromatic rings. The Bertz CT molecular complexity index is 400. The molecular formula is C8H5F9O2. The number of hydrogen-bond donors (Lipinski definition) is 0. The molecule has 19 heavy (non-hydrogen) atoms. The van der Waals surface area contributed by atoms with Crippen LogP contribution in [0.4, 0.5) is 39.5 Å². The number of rotatable bonds is 2. The fourth-order valence-electron chi connectivity index (χ4n) is 1.21. The van der Waals surface area contributed by atoms with Gasteiger partial charge in [-0.25, -0.2) is 0 Å². The summed E-state index contributed by atoms with van der Waals surface area (Å²) < 4.78 is 119. The minimum atomic E-state index is -5.75. The van der Waals surface area contributed by atoms with Gasteiger partial charge < -0.3 is 4.74 Å². The summed E-state index contributed by atoms with van der Waals surface area (Å²) in [5.74, 6) is -17.2. The van der Waals surface area contributed by atoms with Crippen molar-refractivity contribution in [2.45, 2.75) is 30.7 Å². The van der Waals surface area contributed by atoms with Gasteiger partial charge in [0.15, 0.2) is 0 Å². The van der Waals surface area contributed by atoms with Crippen LogP contribution in [0.1, 0.15) is 6.92 Å². The Hall–Kier alpha value is -0.970. The molecule has 1 fully saturated rings. The smallest absolute Gasteiger partial charge is 0.338 e. The molecule has 2 unspecified atom stereocenters. The topological polar surface area (TPSA) is 18.5 Å². The highest BCUT2D eigenvalue weighted by Gasteiger charge is 2.72. The molecular weight excluding hydrogens is 299 g/mol. The van der Waals surface area contributed by atoms with E-state index in [1.165, 1.54) is 0 Å². The lowest BCUT2D eigenvalue weighted by Crippen LogP contribution is -2.51. The zero-order chi connectivity index (χ0) is 15.3. The molecule has 0 radical (unpaired) electrons. The molecule has 0 aromatic carbocycles. The molecule has 0 amide bonds. The molecule has 1 heterocycles. The van der Waals surface area contributed by atoms with Crippen LogP contribution < -0.4 is 0 Å². The van der Waals surface area contributed by atoms with Crippen molar-refractivity contribution in [3.63, 3.8) is 0 Å². The highest BCUT2D eigenvalue weighted by molar-refractivity contribution is 5.12. The van der Waals surface area contributed by atoms with E-state index in [9.17, 15) is 39.5 Å². The van der Waals surface area contributed by atoms with E-state index in [4.69, 9.17) is 0 Å². The summed E-state index contributed by atoms with van der Waals surface area (Å²) in [6.45, 7) is -2.02. The van der Waals surface area contributed by atoms with Crippen LogP contribution in [0.15, 0.2) is 11.9 Å². The largest absolute Gasteiger partial charge is 0.450 e. The minimum Gasteiger partial charge on any atom is -0.338 e. The van der Waals surface area contributed by atoms with Crippen LogP contribution in [0.5, 0.6) is 0 Å². The third-order valence-electron chi connectivity index (χ3n) is 2.33. The Morgan fingerprint density at radius 2 is 1.53 bits per heavy atom. The van der Waals surface area contributed by atoms with Gasteiger partial charge in [-0.3, -0.25) is 4.74 Å². The van der Waals surface area contributed by atoms with Crippen molar-refractivity contribution in [3.8, 4) is 0 Å². The molecule has 0 saturated carbocycles. The van der Waals surface area contributed by atoms with E-state index in [0.717, 1.165) is 0 Å². The van der Waals surface area contributed by atoms with Crippen molar-refractivity contribution in [2.24, 2.45) is 0 Å². The van der Waals surface area contributed by atoms with Crippen molar-refractivity contribution in [1.29, 1.82) is 0 Å². The molecule has 0 aliphatic carbocycles. The Kier molecular flexibility index (Phi) is 3.61. The molecule has 0 N–H and O–H groups in total. The van der Waals surface area contributed by atoms with Gasteiger partial charge in [-0.05, 0) is 6.92 Å². The summed E-state index contributed by atoms with van der Waals surface area (Å²) in [4.78, 5) is 0. The maximum atomic E-state index is 13.2. The van der Waals surface area contributed by atoms with Gasteiger partial charge in [0, 0.05) is 0 Å². The third-order valence-corrected chi connectivity index (χ3v) is 2.33. The summed E-state index contributed by atoms with van der Waals surface area (Å²) in [5, 5.41) is 0. The van der Waals surface area contributed by atoms with E-state index in [2.05, 4.69) is 9.47 Å². The van der Waals surface area contributed by atoms with Crippen molar-refractivity contribution in [3.05, 3.63) is 11.9 Å². The van der Waals surface area contributed by atoms with Gasteiger partial charge >= 0.3 is 24.0 Å². The van der Waals surface area contributed by atoms with Gasteiger partial charge in [0.2, 0.25) is 11.6 Å². The second kappa shape index (κ2) is 4.27. The molecule has 0 aromatic heterocycles. The molecule has 112 valence electrons. The van der Waals surface area contributed by atoms with Crippen LogP contribution in [0.3, 0.4) is 0 Å². The first-order valence-electron chi connectivity index (χ1n) is 4.46. The van der Waals surface area contributed by atoms with Gasteiger partial charge in [0.25, 0.3) is 0 Å². The summed E-state index contributed by atoms with van der Waals surface area (Å²) in [6.07, 6.45) is -9.24. The Morgan fingerprint density at radius 1 is 1.05 bits per heavy atom. The lowest BCUT2D eigenvalue weighted by atomic mass is 10.1. The molecule has 1 aliphatic rings. The molecule has 1 saturated heterocycles. The average Bonchev–Trinajstić information content (AvgIpc) is 2.55. The standard InChI is InChI=1S/C8H5F9O2/c1-5(7(13,14)3(9)4(10)11)18-2-6(12,19-5)8(15,16)17/h2H2,1H3. The predicted octanol–water partition coefficient (Wildman–Crippen LogP) is 3.69.